The summed E-state index contributed by atoms with van der Waals surface area (Å²) in [6.07, 6.45) is 0. The lowest BCUT2D eigenvalue weighted by Gasteiger charge is -2.26. The van der Waals surface area contributed by atoms with Crippen LogP contribution in [-0.4, -0.2) is 5.97 Å². The largest absolute Gasteiger partial charge is 0.489 e. The molecule has 0 saturated carbocycles. The van der Waals surface area contributed by atoms with Crippen molar-refractivity contribution in [3.05, 3.63) is 134 Å². The van der Waals surface area contributed by atoms with Gasteiger partial charge in [0.2, 0.25) is 5.88 Å². The molecule has 1 aliphatic rings. The molecule has 0 fully saturated rings. The summed E-state index contributed by atoms with van der Waals surface area (Å²) in [5, 5.41) is 11.2. The van der Waals surface area contributed by atoms with Crippen LogP contribution < -0.4 is 19.9 Å². The van der Waals surface area contributed by atoms with E-state index < -0.39 is 11.9 Å². The predicted octanol–water partition coefficient (Wildman–Crippen LogP) is 8.36. The van der Waals surface area contributed by atoms with Crippen molar-refractivity contribution in [2.75, 3.05) is 0 Å². The molecule has 0 saturated heterocycles. The summed E-state index contributed by atoms with van der Waals surface area (Å²) in [6, 6.07) is 25.9. The average Bonchev–Trinajstić information content (AvgIpc) is 3.34. The molecule has 0 bridgehead atoms. The van der Waals surface area contributed by atoms with Gasteiger partial charge in [0.05, 0.1) is 16.0 Å². The predicted molar refractivity (Wildman–Crippen MR) is 160 cm³/mol. The molecule has 6 nitrogen and oxygen atoms in total. The normalized spacial score (nSPS) is 14.2. The van der Waals surface area contributed by atoms with E-state index in [-0.39, 0.29) is 39.5 Å². The van der Waals surface area contributed by atoms with E-state index in [9.17, 15) is 14.4 Å². The fourth-order valence-corrected chi connectivity index (χ4v) is 6.55. The highest BCUT2D eigenvalue weighted by atomic mass is 35.5. The Morgan fingerprint density at radius 1 is 1.02 bits per heavy atom. The topological polar surface area (TPSA) is 94.6 Å². The molecule has 42 heavy (non-hydrogen) atoms. The summed E-state index contributed by atoms with van der Waals surface area (Å²) in [7, 11) is 0. The lowest BCUT2D eigenvalue weighted by atomic mass is 9.83. The molecular weight excluding hydrogens is 598 g/mol. The first-order valence-electron chi connectivity index (χ1n) is 12.6. The van der Waals surface area contributed by atoms with Gasteiger partial charge in [-0.3, -0.25) is 0 Å². The van der Waals surface area contributed by atoms with E-state index in [1.807, 2.05) is 18.2 Å². The third-order valence-electron chi connectivity index (χ3n) is 6.76. The number of ether oxygens (including phenoxy) is 3. The SMILES string of the molecule is N#CC1=C(N)Oc2cc(OC(=O)c3sc4cccc(Cl)c4c3Cl)ccc2C1c1ccc(OCc2ccccc2F)cc1. The first-order valence-corrected chi connectivity index (χ1v) is 14.2. The molecule has 2 heterocycles. The molecule has 1 unspecified atom stereocenters. The van der Waals surface area contributed by atoms with Crippen molar-refractivity contribution in [3.8, 4) is 23.3 Å². The van der Waals surface area contributed by atoms with Crippen LogP contribution in [0.15, 0.2) is 96.4 Å². The third-order valence-corrected chi connectivity index (χ3v) is 8.70. The summed E-state index contributed by atoms with van der Waals surface area (Å²) in [5.74, 6) is -0.489. The van der Waals surface area contributed by atoms with Crippen molar-refractivity contribution in [1.29, 1.82) is 5.26 Å². The Hall–Kier alpha value is -4.55. The van der Waals surface area contributed by atoms with Crippen LogP contribution in [0.4, 0.5) is 4.39 Å². The highest BCUT2D eigenvalue weighted by molar-refractivity contribution is 7.21. The van der Waals surface area contributed by atoms with Crippen molar-refractivity contribution >= 4 is 50.6 Å². The minimum atomic E-state index is -0.642. The van der Waals surface area contributed by atoms with Crippen LogP contribution in [0.25, 0.3) is 10.1 Å². The van der Waals surface area contributed by atoms with Gasteiger partial charge in [-0.1, -0.05) is 65.7 Å². The molecule has 6 rings (SSSR count). The van der Waals surface area contributed by atoms with Gasteiger partial charge in [0.15, 0.2) is 0 Å². The molecule has 208 valence electrons. The zero-order chi connectivity index (χ0) is 29.4. The smallest absolute Gasteiger partial charge is 0.355 e. The number of nitrogens with two attached hydrogens (primary N) is 1. The number of nitriles is 1. The van der Waals surface area contributed by atoms with Crippen LogP contribution in [0.1, 0.15) is 32.3 Å². The maximum atomic E-state index is 13.9. The van der Waals surface area contributed by atoms with Crippen molar-refractivity contribution in [2.24, 2.45) is 5.73 Å². The van der Waals surface area contributed by atoms with Crippen molar-refractivity contribution < 1.29 is 23.4 Å². The number of nitrogens with zero attached hydrogens (tertiary/aromatic N) is 1. The van der Waals surface area contributed by atoms with Crippen LogP contribution in [0.2, 0.25) is 10.0 Å². The summed E-state index contributed by atoms with van der Waals surface area (Å²) in [5.41, 5.74) is 8.25. The second-order valence-electron chi connectivity index (χ2n) is 9.32. The van der Waals surface area contributed by atoms with E-state index >= 15 is 0 Å². The summed E-state index contributed by atoms with van der Waals surface area (Å²) < 4.78 is 31.9. The number of fused-ring (bicyclic) bond motifs is 2. The van der Waals surface area contributed by atoms with E-state index in [1.54, 1.807) is 60.7 Å². The summed E-state index contributed by atoms with van der Waals surface area (Å²) in [6.45, 7) is 0.0731. The summed E-state index contributed by atoms with van der Waals surface area (Å²) >= 11 is 13.9. The Morgan fingerprint density at radius 2 is 1.79 bits per heavy atom. The van der Waals surface area contributed by atoms with E-state index in [4.69, 9.17) is 43.1 Å². The van der Waals surface area contributed by atoms with Gasteiger partial charge >= 0.3 is 5.97 Å². The molecule has 0 spiro atoms. The molecule has 10 heteroatoms. The minimum Gasteiger partial charge on any atom is -0.489 e. The van der Waals surface area contributed by atoms with Crippen LogP contribution in [0.3, 0.4) is 0 Å². The maximum Gasteiger partial charge on any atom is 0.355 e. The van der Waals surface area contributed by atoms with Gasteiger partial charge in [-0.2, -0.15) is 5.26 Å². The summed E-state index contributed by atoms with van der Waals surface area (Å²) in [4.78, 5) is 13.3. The Bertz CT molecular complexity index is 1930. The number of carbonyl (C=O) groups excluding carboxylic acids is 1. The first kappa shape index (κ1) is 27.6. The lowest BCUT2D eigenvalue weighted by Crippen LogP contribution is -2.21. The second-order valence-corrected chi connectivity index (χ2v) is 11.2. The quantitative estimate of drug-likeness (QED) is 0.152. The van der Waals surface area contributed by atoms with E-state index in [0.717, 1.165) is 10.3 Å². The number of rotatable bonds is 6. The molecule has 0 radical (unpaired) electrons. The van der Waals surface area contributed by atoms with E-state index in [2.05, 4.69) is 6.07 Å². The van der Waals surface area contributed by atoms with Gasteiger partial charge in [0.1, 0.15) is 46.2 Å². The van der Waals surface area contributed by atoms with Crippen LogP contribution >= 0.6 is 34.5 Å². The molecule has 1 aromatic heterocycles. The monoisotopic (exact) mass is 616 g/mol. The number of hydrogen-bond acceptors (Lipinski definition) is 7. The highest BCUT2D eigenvalue weighted by Crippen LogP contribution is 2.44. The van der Waals surface area contributed by atoms with Crippen LogP contribution in [0.5, 0.6) is 17.2 Å². The molecule has 2 N–H and O–H groups in total. The number of hydrogen-bond donors (Lipinski definition) is 1. The number of halogens is 3. The minimum absolute atomic E-state index is 0.0550. The van der Waals surface area contributed by atoms with Gasteiger partial charge in [0, 0.05) is 27.3 Å². The zero-order valence-corrected chi connectivity index (χ0v) is 23.9. The van der Waals surface area contributed by atoms with E-state index in [0.29, 0.717) is 33.0 Å². The maximum absolute atomic E-state index is 13.9. The number of carbonyl (C=O) groups is 1. The molecule has 0 amide bonds. The number of thiophene rings is 1. The fourth-order valence-electron chi connectivity index (χ4n) is 4.73. The lowest BCUT2D eigenvalue weighted by molar-refractivity contribution is 0.0740. The molecule has 1 aliphatic heterocycles. The van der Waals surface area contributed by atoms with E-state index in [1.165, 1.54) is 17.4 Å². The van der Waals surface area contributed by atoms with Gasteiger partial charge in [-0.15, -0.1) is 11.3 Å². The number of esters is 1. The molecule has 1 atom stereocenters. The Morgan fingerprint density at radius 3 is 2.52 bits per heavy atom. The van der Waals surface area contributed by atoms with Crippen LogP contribution in [0, 0.1) is 17.1 Å². The third kappa shape index (κ3) is 5.14. The molecule has 5 aromatic rings. The van der Waals surface area contributed by atoms with Gasteiger partial charge in [-0.25, -0.2) is 9.18 Å². The van der Waals surface area contributed by atoms with Crippen LogP contribution in [-0.2, 0) is 6.61 Å². The Kier molecular flexibility index (Phi) is 7.48. The van der Waals surface area contributed by atoms with Gasteiger partial charge in [-0.05, 0) is 42.0 Å². The first-order chi connectivity index (χ1) is 20.3. The highest BCUT2D eigenvalue weighted by Gasteiger charge is 2.31. The number of allylic oxidation sites excluding steroid dienone is 1. The Labute approximate surface area is 253 Å². The van der Waals surface area contributed by atoms with Gasteiger partial charge < -0.3 is 19.9 Å². The second kappa shape index (κ2) is 11.4. The van der Waals surface area contributed by atoms with Crippen molar-refractivity contribution in [1.82, 2.24) is 0 Å². The zero-order valence-electron chi connectivity index (χ0n) is 21.6. The fraction of sp³-hybridized carbons (Fsp3) is 0.0625. The van der Waals surface area contributed by atoms with Crippen molar-refractivity contribution in [2.45, 2.75) is 12.5 Å². The molecule has 4 aromatic carbocycles. The molecule has 0 aliphatic carbocycles. The Balaban J connectivity index is 1.25. The number of benzene rings is 4. The average molecular weight is 617 g/mol. The molecular formula is C32H19Cl2FN2O4S. The standard InChI is InChI=1S/C32H19Cl2FN2O4S/c33-23-5-3-7-26-28(23)29(34)30(42-26)32(38)40-20-12-13-21-25(14-20)41-31(37)22(15-36)27(21)17-8-10-19(11-9-17)39-16-18-4-1-2-6-24(18)35/h1-14,27H,16,37H2. The van der Waals surface area contributed by atoms with Gasteiger partial charge in [0.25, 0.3) is 0 Å². The van der Waals surface area contributed by atoms with Crippen molar-refractivity contribution in [3.63, 3.8) is 0 Å².